The van der Waals surface area contributed by atoms with Crippen LogP contribution in [-0.2, 0) is 16.0 Å². The van der Waals surface area contributed by atoms with E-state index in [-0.39, 0.29) is 17.7 Å². The Balaban J connectivity index is 1.86. The molecule has 2 N–H and O–H groups in total. The van der Waals surface area contributed by atoms with Crippen molar-refractivity contribution in [1.29, 1.82) is 0 Å². The van der Waals surface area contributed by atoms with Crippen LogP contribution < -0.4 is 5.73 Å². The van der Waals surface area contributed by atoms with Crippen LogP contribution in [-0.4, -0.2) is 48.8 Å². The van der Waals surface area contributed by atoms with E-state index in [9.17, 15) is 9.59 Å². The molecule has 0 unspecified atom stereocenters. The molecular weight excluding hydrogens is 266 g/mol. The molecule has 2 amide bonds. The molecule has 1 aliphatic heterocycles. The Morgan fingerprint density at radius 1 is 1.19 bits per heavy atom. The zero-order valence-electron chi connectivity index (χ0n) is 12.7. The first kappa shape index (κ1) is 15.4. The summed E-state index contributed by atoms with van der Waals surface area (Å²) in [5, 5.41) is 0. The molecule has 0 bridgehead atoms. The van der Waals surface area contributed by atoms with E-state index in [0.29, 0.717) is 25.2 Å². The second-order valence-corrected chi connectivity index (χ2v) is 5.81. The molecule has 21 heavy (non-hydrogen) atoms. The van der Waals surface area contributed by atoms with E-state index in [0.717, 1.165) is 18.4 Å². The van der Waals surface area contributed by atoms with Crippen molar-refractivity contribution >= 4 is 17.5 Å². The van der Waals surface area contributed by atoms with E-state index in [1.807, 2.05) is 29.2 Å². The van der Waals surface area contributed by atoms with E-state index in [4.69, 9.17) is 5.73 Å². The summed E-state index contributed by atoms with van der Waals surface area (Å²) in [6.07, 6.45) is 1.90. The Morgan fingerprint density at radius 2 is 1.76 bits per heavy atom. The lowest BCUT2D eigenvalue weighted by molar-refractivity contribution is -0.138. The normalized spacial score (nSPS) is 15.8. The molecule has 1 aromatic rings. The molecule has 0 aromatic heterocycles. The number of rotatable bonds is 3. The Morgan fingerprint density at radius 3 is 2.29 bits per heavy atom. The summed E-state index contributed by atoms with van der Waals surface area (Å²) < 4.78 is 0. The van der Waals surface area contributed by atoms with Crippen LogP contribution in [0.3, 0.4) is 0 Å². The molecule has 1 aromatic carbocycles. The molecule has 5 heteroatoms. The lowest BCUT2D eigenvalue weighted by atomic mass is 9.95. The number of amides is 2. The third-order valence-corrected chi connectivity index (χ3v) is 3.97. The fourth-order valence-corrected chi connectivity index (χ4v) is 2.66. The maximum atomic E-state index is 12.3. The summed E-state index contributed by atoms with van der Waals surface area (Å²) in [7, 11) is 3.56. The van der Waals surface area contributed by atoms with Gasteiger partial charge in [-0.3, -0.25) is 9.59 Å². The van der Waals surface area contributed by atoms with Crippen molar-refractivity contribution in [2.24, 2.45) is 5.92 Å². The molecule has 1 fully saturated rings. The second kappa shape index (κ2) is 6.61. The fraction of sp³-hybridized carbons (Fsp3) is 0.500. The van der Waals surface area contributed by atoms with E-state index < -0.39 is 0 Å². The topological polar surface area (TPSA) is 66.6 Å². The molecule has 114 valence electrons. The SMILES string of the molecule is CN(C)C(=O)C1CCN(C(=O)Cc2ccc(N)cc2)CC1. The standard InChI is InChI=1S/C16H23N3O2/c1-18(2)16(21)13-7-9-19(10-8-13)15(20)11-12-3-5-14(17)6-4-12/h3-6,13H,7-11,17H2,1-2H3. The third-order valence-electron chi connectivity index (χ3n) is 3.97. The van der Waals surface area contributed by atoms with Crippen LogP contribution in [0.1, 0.15) is 18.4 Å². The number of carbonyl (C=O) groups excluding carboxylic acids is 2. The van der Waals surface area contributed by atoms with Gasteiger partial charge in [-0.15, -0.1) is 0 Å². The molecule has 1 aliphatic rings. The summed E-state index contributed by atoms with van der Waals surface area (Å²) >= 11 is 0. The number of benzene rings is 1. The first-order valence-electron chi connectivity index (χ1n) is 7.30. The largest absolute Gasteiger partial charge is 0.399 e. The van der Waals surface area contributed by atoms with Gasteiger partial charge in [-0.2, -0.15) is 0 Å². The predicted molar refractivity (Wildman–Crippen MR) is 82.6 cm³/mol. The van der Waals surface area contributed by atoms with Crippen molar-refractivity contribution in [3.63, 3.8) is 0 Å². The van der Waals surface area contributed by atoms with Gasteiger partial charge in [0.05, 0.1) is 6.42 Å². The van der Waals surface area contributed by atoms with Crippen molar-refractivity contribution in [1.82, 2.24) is 9.80 Å². The monoisotopic (exact) mass is 289 g/mol. The van der Waals surface area contributed by atoms with Crippen LogP contribution in [0.2, 0.25) is 0 Å². The summed E-state index contributed by atoms with van der Waals surface area (Å²) in [6.45, 7) is 1.33. The van der Waals surface area contributed by atoms with Gasteiger partial charge in [0.1, 0.15) is 0 Å². The summed E-state index contributed by atoms with van der Waals surface area (Å²) in [6, 6.07) is 7.39. The highest BCUT2D eigenvalue weighted by Gasteiger charge is 2.27. The number of likely N-dealkylation sites (tertiary alicyclic amines) is 1. The number of nitrogens with two attached hydrogens (primary N) is 1. The van der Waals surface area contributed by atoms with Gasteiger partial charge in [-0.25, -0.2) is 0 Å². The maximum Gasteiger partial charge on any atom is 0.226 e. The van der Waals surface area contributed by atoms with Gasteiger partial charge in [-0.05, 0) is 30.5 Å². The fourth-order valence-electron chi connectivity index (χ4n) is 2.66. The molecule has 0 radical (unpaired) electrons. The molecule has 0 spiro atoms. The smallest absolute Gasteiger partial charge is 0.226 e. The summed E-state index contributed by atoms with van der Waals surface area (Å²) in [4.78, 5) is 27.7. The van der Waals surface area contributed by atoms with Crippen molar-refractivity contribution in [3.8, 4) is 0 Å². The van der Waals surface area contributed by atoms with E-state index in [2.05, 4.69) is 0 Å². The zero-order chi connectivity index (χ0) is 15.4. The lowest BCUT2D eigenvalue weighted by Crippen LogP contribution is -2.43. The van der Waals surface area contributed by atoms with E-state index >= 15 is 0 Å². The molecule has 1 heterocycles. The van der Waals surface area contributed by atoms with E-state index in [1.54, 1.807) is 19.0 Å². The van der Waals surface area contributed by atoms with Gasteiger partial charge in [0, 0.05) is 38.8 Å². The number of nitrogens with zero attached hydrogens (tertiary/aromatic N) is 2. The highest BCUT2D eigenvalue weighted by atomic mass is 16.2. The zero-order valence-corrected chi connectivity index (χ0v) is 12.7. The quantitative estimate of drug-likeness (QED) is 0.849. The second-order valence-electron chi connectivity index (χ2n) is 5.81. The predicted octanol–water partition coefficient (Wildman–Crippen LogP) is 1.14. The molecule has 0 atom stereocenters. The minimum Gasteiger partial charge on any atom is -0.399 e. The van der Waals surface area contributed by atoms with Gasteiger partial charge in [-0.1, -0.05) is 12.1 Å². The highest BCUT2D eigenvalue weighted by Crippen LogP contribution is 2.19. The highest BCUT2D eigenvalue weighted by molar-refractivity contribution is 5.81. The van der Waals surface area contributed by atoms with Gasteiger partial charge in [0.25, 0.3) is 0 Å². The number of hydrogen-bond donors (Lipinski definition) is 1. The number of hydrogen-bond acceptors (Lipinski definition) is 3. The first-order valence-corrected chi connectivity index (χ1v) is 7.30. The third kappa shape index (κ3) is 3.97. The molecule has 2 rings (SSSR count). The molecular formula is C16H23N3O2. The Bertz CT molecular complexity index is 503. The Hall–Kier alpha value is -2.04. The molecule has 0 aliphatic carbocycles. The van der Waals surface area contributed by atoms with Crippen molar-refractivity contribution in [2.75, 3.05) is 32.9 Å². The molecule has 1 saturated heterocycles. The average Bonchev–Trinajstić information content (AvgIpc) is 2.49. The van der Waals surface area contributed by atoms with Gasteiger partial charge in [0.15, 0.2) is 0 Å². The minimum atomic E-state index is 0.0561. The number of carbonyl (C=O) groups is 2. The van der Waals surface area contributed by atoms with Crippen LogP contribution >= 0.6 is 0 Å². The van der Waals surface area contributed by atoms with Crippen LogP contribution in [0.5, 0.6) is 0 Å². The molecule has 5 nitrogen and oxygen atoms in total. The molecule has 0 saturated carbocycles. The number of anilines is 1. The van der Waals surface area contributed by atoms with Crippen molar-refractivity contribution in [2.45, 2.75) is 19.3 Å². The minimum absolute atomic E-state index is 0.0561. The van der Waals surface area contributed by atoms with Crippen LogP contribution in [0.25, 0.3) is 0 Å². The van der Waals surface area contributed by atoms with Crippen molar-refractivity contribution < 1.29 is 9.59 Å². The maximum absolute atomic E-state index is 12.3. The first-order chi connectivity index (χ1) is 9.97. The van der Waals surface area contributed by atoms with Crippen molar-refractivity contribution in [3.05, 3.63) is 29.8 Å². The number of nitrogen functional groups attached to an aromatic ring is 1. The number of piperidine rings is 1. The Kier molecular flexibility index (Phi) is 4.83. The lowest BCUT2D eigenvalue weighted by Gasteiger charge is -2.32. The summed E-state index contributed by atoms with van der Waals surface area (Å²) in [5.74, 6) is 0.344. The average molecular weight is 289 g/mol. The van der Waals surface area contributed by atoms with E-state index in [1.165, 1.54) is 0 Å². The van der Waals surface area contributed by atoms with Crippen LogP contribution in [0.15, 0.2) is 24.3 Å². The summed E-state index contributed by atoms with van der Waals surface area (Å²) in [5.41, 5.74) is 7.31. The Labute approximate surface area is 125 Å². The van der Waals surface area contributed by atoms with Gasteiger partial charge >= 0.3 is 0 Å². The van der Waals surface area contributed by atoms with Crippen LogP contribution in [0.4, 0.5) is 5.69 Å². The van der Waals surface area contributed by atoms with Gasteiger partial charge in [0.2, 0.25) is 11.8 Å². The van der Waals surface area contributed by atoms with Gasteiger partial charge < -0.3 is 15.5 Å². The van der Waals surface area contributed by atoms with Crippen LogP contribution in [0, 0.1) is 5.92 Å².